The predicted octanol–water partition coefficient (Wildman–Crippen LogP) is 4.37. The number of carbonyl (C=O) groups excluding carboxylic acids is 1. The molecule has 25 heavy (non-hydrogen) atoms. The fourth-order valence-electron chi connectivity index (χ4n) is 2.64. The number of pyridine rings is 1. The van der Waals surface area contributed by atoms with E-state index < -0.39 is 0 Å². The van der Waals surface area contributed by atoms with Gasteiger partial charge >= 0.3 is 0 Å². The van der Waals surface area contributed by atoms with Crippen molar-refractivity contribution >= 4 is 17.4 Å². The molecule has 0 fully saturated rings. The quantitative estimate of drug-likeness (QED) is 0.730. The molecule has 0 spiro atoms. The van der Waals surface area contributed by atoms with Crippen molar-refractivity contribution in [1.29, 1.82) is 0 Å². The summed E-state index contributed by atoms with van der Waals surface area (Å²) in [4.78, 5) is 16.9. The van der Waals surface area contributed by atoms with E-state index in [1.54, 1.807) is 18.3 Å². The molecule has 1 aromatic heterocycles. The van der Waals surface area contributed by atoms with Crippen molar-refractivity contribution in [3.63, 3.8) is 0 Å². The lowest BCUT2D eigenvalue weighted by Crippen LogP contribution is -2.24. The Morgan fingerprint density at radius 3 is 2.56 bits per heavy atom. The smallest absolute Gasteiger partial charge is 0.255 e. The normalized spacial score (nSPS) is 10.3. The Morgan fingerprint density at radius 2 is 1.80 bits per heavy atom. The highest BCUT2D eigenvalue weighted by Gasteiger charge is 2.13. The van der Waals surface area contributed by atoms with Gasteiger partial charge in [0.1, 0.15) is 5.82 Å². The van der Waals surface area contributed by atoms with Crippen LogP contribution in [0.3, 0.4) is 0 Å². The summed E-state index contributed by atoms with van der Waals surface area (Å²) in [6.45, 7) is 4.57. The lowest BCUT2D eigenvalue weighted by atomic mass is 10.1. The third-order valence-corrected chi connectivity index (χ3v) is 3.98. The number of benzene rings is 2. The number of amides is 1. The van der Waals surface area contributed by atoms with Gasteiger partial charge in [0.25, 0.3) is 5.91 Å². The number of nitrogens with one attached hydrogen (secondary N) is 2. The van der Waals surface area contributed by atoms with Crippen LogP contribution in [0.15, 0.2) is 66.9 Å². The Hall–Kier alpha value is -3.14. The monoisotopic (exact) mass is 331 g/mol. The van der Waals surface area contributed by atoms with E-state index >= 15 is 0 Å². The highest BCUT2D eigenvalue weighted by Crippen LogP contribution is 2.22. The molecule has 0 saturated heterocycles. The maximum Gasteiger partial charge on any atom is 0.255 e. The van der Waals surface area contributed by atoms with E-state index in [0.29, 0.717) is 17.9 Å². The van der Waals surface area contributed by atoms with Crippen molar-refractivity contribution in [2.75, 3.05) is 5.32 Å². The summed E-state index contributed by atoms with van der Waals surface area (Å²) >= 11 is 0. The predicted molar refractivity (Wildman–Crippen MR) is 101 cm³/mol. The maximum atomic E-state index is 12.6. The zero-order valence-electron chi connectivity index (χ0n) is 14.4. The topological polar surface area (TPSA) is 54.0 Å². The first kappa shape index (κ1) is 16.7. The number of anilines is 2. The van der Waals surface area contributed by atoms with Crippen LogP contribution >= 0.6 is 0 Å². The van der Waals surface area contributed by atoms with Crippen LogP contribution in [0.5, 0.6) is 0 Å². The van der Waals surface area contributed by atoms with Gasteiger partial charge in [0.05, 0.1) is 5.56 Å². The third kappa shape index (κ3) is 4.23. The van der Waals surface area contributed by atoms with Crippen molar-refractivity contribution in [3.8, 4) is 0 Å². The molecule has 0 unspecified atom stereocenters. The van der Waals surface area contributed by atoms with Crippen LogP contribution in [0.1, 0.15) is 27.0 Å². The first-order chi connectivity index (χ1) is 12.1. The maximum absolute atomic E-state index is 12.6. The fraction of sp³-hybridized carbons (Fsp3) is 0.143. The van der Waals surface area contributed by atoms with Crippen LogP contribution in [0.25, 0.3) is 0 Å². The number of nitrogens with zero attached hydrogens (tertiary/aromatic N) is 1. The molecule has 3 aromatic rings. The molecule has 0 radical (unpaired) electrons. The molecule has 0 atom stereocenters. The molecule has 126 valence electrons. The second-order valence-corrected chi connectivity index (χ2v) is 6.01. The molecule has 0 aliphatic carbocycles. The van der Waals surface area contributed by atoms with E-state index in [-0.39, 0.29) is 5.91 Å². The minimum atomic E-state index is -0.149. The van der Waals surface area contributed by atoms with Crippen molar-refractivity contribution in [1.82, 2.24) is 10.3 Å². The highest BCUT2D eigenvalue weighted by atomic mass is 16.1. The lowest BCUT2D eigenvalue weighted by molar-refractivity contribution is 0.0951. The van der Waals surface area contributed by atoms with Crippen LogP contribution in [-0.2, 0) is 6.54 Å². The van der Waals surface area contributed by atoms with Gasteiger partial charge in [0.15, 0.2) is 0 Å². The van der Waals surface area contributed by atoms with Gasteiger partial charge in [-0.2, -0.15) is 0 Å². The molecule has 2 aromatic carbocycles. The molecule has 0 bridgehead atoms. The standard InChI is InChI=1S/C21H21N3O/c1-15-10-11-19(16(2)13-15)24-20-18(9-6-12-22-20)21(25)23-14-17-7-4-3-5-8-17/h3-13H,14H2,1-2H3,(H,22,24)(H,23,25). The fourth-order valence-corrected chi connectivity index (χ4v) is 2.64. The summed E-state index contributed by atoms with van der Waals surface area (Å²) in [5.41, 5.74) is 4.84. The van der Waals surface area contributed by atoms with E-state index in [1.165, 1.54) is 5.56 Å². The summed E-state index contributed by atoms with van der Waals surface area (Å²) in [6, 6.07) is 19.5. The third-order valence-electron chi connectivity index (χ3n) is 3.98. The second-order valence-electron chi connectivity index (χ2n) is 6.01. The van der Waals surface area contributed by atoms with E-state index in [9.17, 15) is 4.79 Å². The Bertz CT molecular complexity index is 875. The van der Waals surface area contributed by atoms with Gasteiger partial charge in [-0.05, 0) is 43.2 Å². The first-order valence-corrected chi connectivity index (χ1v) is 8.25. The van der Waals surface area contributed by atoms with E-state index in [0.717, 1.165) is 16.8 Å². The van der Waals surface area contributed by atoms with Gasteiger partial charge in [-0.3, -0.25) is 4.79 Å². The number of hydrogen-bond donors (Lipinski definition) is 2. The summed E-state index contributed by atoms with van der Waals surface area (Å²) in [7, 11) is 0. The summed E-state index contributed by atoms with van der Waals surface area (Å²) < 4.78 is 0. The zero-order valence-corrected chi connectivity index (χ0v) is 14.4. The molecule has 2 N–H and O–H groups in total. The van der Waals surface area contributed by atoms with Crippen LogP contribution in [0, 0.1) is 13.8 Å². The Morgan fingerprint density at radius 1 is 1.00 bits per heavy atom. The van der Waals surface area contributed by atoms with E-state index in [1.807, 2.05) is 49.4 Å². The average Bonchev–Trinajstić information content (AvgIpc) is 2.63. The molecule has 3 rings (SSSR count). The van der Waals surface area contributed by atoms with Crippen LogP contribution in [0.4, 0.5) is 11.5 Å². The van der Waals surface area contributed by atoms with Gasteiger partial charge in [0, 0.05) is 18.4 Å². The first-order valence-electron chi connectivity index (χ1n) is 8.25. The van der Waals surface area contributed by atoms with Crippen LogP contribution < -0.4 is 10.6 Å². The molecule has 0 aliphatic rings. The van der Waals surface area contributed by atoms with E-state index in [4.69, 9.17) is 0 Å². The van der Waals surface area contributed by atoms with Crippen molar-refractivity contribution in [2.24, 2.45) is 0 Å². The second kappa shape index (κ2) is 7.62. The minimum absolute atomic E-state index is 0.149. The van der Waals surface area contributed by atoms with Gasteiger partial charge in [0.2, 0.25) is 0 Å². The Balaban J connectivity index is 1.77. The summed E-state index contributed by atoms with van der Waals surface area (Å²) in [6.07, 6.45) is 1.68. The van der Waals surface area contributed by atoms with Crippen LogP contribution in [0.2, 0.25) is 0 Å². The number of carbonyl (C=O) groups is 1. The van der Waals surface area contributed by atoms with Gasteiger partial charge < -0.3 is 10.6 Å². The van der Waals surface area contributed by atoms with Crippen molar-refractivity contribution in [3.05, 3.63) is 89.1 Å². The van der Waals surface area contributed by atoms with Crippen LogP contribution in [-0.4, -0.2) is 10.9 Å². The molecule has 0 saturated carbocycles. The summed E-state index contributed by atoms with van der Waals surface area (Å²) in [5, 5.41) is 6.22. The minimum Gasteiger partial charge on any atom is -0.348 e. The Labute approximate surface area is 147 Å². The van der Waals surface area contributed by atoms with Crippen molar-refractivity contribution < 1.29 is 4.79 Å². The zero-order chi connectivity index (χ0) is 17.6. The molecule has 4 nitrogen and oxygen atoms in total. The SMILES string of the molecule is Cc1ccc(Nc2ncccc2C(=O)NCc2ccccc2)c(C)c1. The lowest BCUT2D eigenvalue weighted by Gasteiger charge is -2.13. The number of aryl methyl sites for hydroxylation is 2. The molecule has 0 aliphatic heterocycles. The van der Waals surface area contributed by atoms with Gasteiger partial charge in [-0.1, -0.05) is 48.0 Å². The molecule has 4 heteroatoms. The Kier molecular flexibility index (Phi) is 5.09. The van der Waals surface area contributed by atoms with Gasteiger partial charge in [-0.15, -0.1) is 0 Å². The largest absolute Gasteiger partial charge is 0.348 e. The molecular formula is C21H21N3O. The number of aromatic nitrogens is 1. The van der Waals surface area contributed by atoms with E-state index in [2.05, 4.69) is 28.6 Å². The summed E-state index contributed by atoms with van der Waals surface area (Å²) in [5.74, 6) is 0.407. The van der Waals surface area contributed by atoms with Crippen molar-refractivity contribution in [2.45, 2.75) is 20.4 Å². The molecular weight excluding hydrogens is 310 g/mol. The molecule has 1 heterocycles. The number of hydrogen-bond acceptors (Lipinski definition) is 3. The number of rotatable bonds is 5. The highest BCUT2D eigenvalue weighted by molar-refractivity contribution is 5.99. The molecule has 1 amide bonds. The average molecular weight is 331 g/mol. The van der Waals surface area contributed by atoms with Gasteiger partial charge in [-0.25, -0.2) is 4.98 Å².